The molecule has 2 heterocycles. The molecular weight excluding hydrogens is 230 g/mol. The molecule has 1 aliphatic heterocycles. The first kappa shape index (κ1) is 12.0. The molecule has 92 valence electrons. The molecule has 0 saturated carbocycles. The Morgan fingerprint density at radius 1 is 1.50 bits per heavy atom. The molecule has 1 saturated heterocycles. The number of carbonyl (C=O) groups excluding carboxylic acids is 1. The summed E-state index contributed by atoms with van der Waals surface area (Å²) in [5.41, 5.74) is 0.858. The number of aromatic nitrogens is 1. The van der Waals surface area contributed by atoms with Gasteiger partial charge in [0.25, 0.3) is 0 Å². The molecule has 2 atom stereocenters. The number of alkyl carbamates (subject to hydrolysis) is 1. The number of rotatable bonds is 4. The van der Waals surface area contributed by atoms with Crippen molar-refractivity contribution >= 4 is 12.8 Å². The standard InChI is InChI=1S/C13H13N3O2/c1-14-7-3-2-6-11-12(18-13(17)16-11)10-5-4-8-15-9-10/h2-9,11-12H,1H2,(H,16,17)/b6-2+,7-3-/t11-,12-/m1/s1. The van der Waals surface area contributed by atoms with Crippen LogP contribution in [-0.4, -0.2) is 23.8 Å². The molecule has 1 amide bonds. The van der Waals surface area contributed by atoms with Crippen molar-refractivity contribution in [2.75, 3.05) is 0 Å². The second kappa shape index (κ2) is 5.77. The number of aliphatic imine (C=N–C) groups is 1. The summed E-state index contributed by atoms with van der Waals surface area (Å²) < 4.78 is 5.22. The molecule has 0 unspecified atom stereocenters. The molecule has 1 N–H and O–H groups in total. The molecule has 18 heavy (non-hydrogen) atoms. The largest absolute Gasteiger partial charge is 0.439 e. The number of carbonyl (C=O) groups is 1. The molecule has 0 aliphatic carbocycles. The summed E-state index contributed by atoms with van der Waals surface area (Å²) in [6.07, 6.45) is 9.51. The Morgan fingerprint density at radius 3 is 3.11 bits per heavy atom. The van der Waals surface area contributed by atoms with E-state index in [1.54, 1.807) is 30.7 Å². The van der Waals surface area contributed by atoms with Crippen molar-refractivity contribution in [3.63, 3.8) is 0 Å². The van der Waals surface area contributed by atoms with E-state index >= 15 is 0 Å². The fourth-order valence-electron chi connectivity index (χ4n) is 1.70. The van der Waals surface area contributed by atoms with E-state index in [2.05, 4.69) is 22.0 Å². The summed E-state index contributed by atoms with van der Waals surface area (Å²) in [5.74, 6) is 0. The van der Waals surface area contributed by atoms with Crippen LogP contribution >= 0.6 is 0 Å². The van der Waals surface area contributed by atoms with Crippen LogP contribution in [0.1, 0.15) is 11.7 Å². The number of allylic oxidation sites excluding steroid dienone is 2. The summed E-state index contributed by atoms with van der Waals surface area (Å²) in [4.78, 5) is 18.9. The van der Waals surface area contributed by atoms with Crippen LogP contribution in [0.2, 0.25) is 0 Å². The summed E-state index contributed by atoms with van der Waals surface area (Å²) in [6, 6.07) is 3.47. The Balaban J connectivity index is 2.13. The molecule has 1 aromatic rings. The van der Waals surface area contributed by atoms with Crippen LogP contribution in [0.3, 0.4) is 0 Å². The fraction of sp³-hybridized carbons (Fsp3) is 0.154. The minimum atomic E-state index is -0.427. The van der Waals surface area contributed by atoms with Gasteiger partial charge in [0.2, 0.25) is 0 Å². The summed E-state index contributed by atoms with van der Waals surface area (Å²) in [5, 5.41) is 2.72. The lowest BCUT2D eigenvalue weighted by atomic mass is 10.0. The average molecular weight is 243 g/mol. The van der Waals surface area contributed by atoms with Gasteiger partial charge in [-0.15, -0.1) is 0 Å². The number of ether oxygens (including phenoxy) is 1. The van der Waals surface area contributed by atoms with Crippen LogP contribution in [-0.2, 0) is 4.74 Å². The van der Waals surface area contributed by atoms with Gasteiger partial charge >= 0.3 is 6.09 Å². The van der Waals surface area contributed by atoms with Crippen molar-refractivity contribution < 1.29 is 9.53 Å². The number of cyclic esters (lactones) is 1. The zero-order valence-electron chi connectivity index (χ0n) is 9.69. The van der Waals surface area contributed by atoms with Gasteiger partial charge in [0, 0.05) is 24.2 Å². The van der Waals surface area contributed by atoms with E-state index in [1.807, 2.05) is 18.2 Å². The van der Waals surface area contributed by atoms with Crippen LogP contribution in [0.15, 0.2) is 53.9 Å². The zero-order chi connectivity index (χ0) is 12.8. The van der Waals surface area contributed by atoms with Gasteiger partial charge in [-0.1, -0.05) is 18.2 Å². The van der Waals surface area contributed by atoms with E-state index in [-0.39, 0.29) is 12.1 Å². The molecule has 1 aliphatic rings. The van der Waals surface area contributed by atoms with Gasteiger partial charge in [0.15, 0.2) is 6.10 Å². The number of hydrogen-bond donors (Lipinski definition) is 1. The lowest BCUT2D eigenvalue weighted by Gasteiger charge is -2.12. The maximum atomic E-state index is 11.3. The highest BCUT2D eigenvalue weighted by Gasteiger charge is 2.33. The van der Waals surface area contributed by atoms with Crippen molar-refractivity contribution in [1.82, 2.24) is 10.3 Å². The van der Waals surface area contributed by atoms with Crippen molar-refractivity contribution in [2.24, 2.45) is 4.99 Å². The van der Waals surface area contributed by atoms with Crippen molar-refractivity contribution in [3.05, 3.63) is 54.5 Å². The van der Waals surface area contributed by atoms with Crippen LogP contribution in [0.25, 0.3) is 0 Å². The highest BCUT2D eigenvalue weighted by molar-refractivity contribution is 5.71. The third kappa shape index (κ3) is 2.82. The second-order valence-corrected chi connectivity index (χ2v) is 3.69. The monoisotopic (exact) mass is 243 g/mol. The Bertz CT molecular complexity index is 482. The molecule has 5 heteroatoms. The van der Waals surface area contributed by atoms with Crippen LogP contribution in [0.5, 0.6) is 0 Å². The van der Waals surface area contributed by atoms with E-state index < -0.39 is 6.09 Å². The van der Waals surface area contributed by atoms with Crippen molar-refractivity contribution in [1.29, 1.82) is 0 Å². The second-order valence-electron chi connectivity index (χ2n) is 3.69. The number of pyridine rings is 1. The van der Waals surface area contributed by atoms with Crippen LogP contribution in [0.4, 0.5) is 4.79 Å². The Morgan fingerprint density at radius 2 is 2.39 bits per heavy atom. The van der Waals surface area contributed by atoms with Gasteiger partial charge in [-0.05, 0) is 18.9 Å². The first-order chi connectivity index (χ1) is 8.81. The SMILES string of the molecule is C=N/C=C\C=C\[C@H]1NC(=O)O[C@@H]1c1cccnc1. The number of nitrogens with zero attached hydrogens (tertiary/aromatic N) is 2. The van der Waals surface area contributed by atoms with Crippen molar-refractivity contribution in [3.8, 4) is 0 Å². The first-order valence-electron chi connectivity index (χ1n) is 5.47. The van der Waals surface area contributed by atoms with E-state index in [0.29, 0.717) is 0 Å². The quantitative estimate of drug-likeness (QED) is 0.649. The molecular formula is C13H13N3O2. The highest BCUT2D eigenvalue weighted by Crippen LogP contribution is 2.26. The molecule has 0 bridgehead atoms. The highest BCUT2D eigenvalue weighted by atomic mass is 16.6. The lowest BCUT2D eigenvalue weighted by molar-refractivity contribution is 0.136. The molecule has 1 fully saturated rings. The molecule has 5 nitrogen and oxygen atoms in total. The Hall–Kier alpha value is -2.43. The number of hydrogen-bond acceptors (Lipinski definition) is 4. The normalized spacial score (nSPS) is 23.2. The van der Waals surface area contributed by atoms with E-state index in [9.17, 15) is 4.79 Å². The molecule has 0 aromatic carbocycles. The zero-order valence-corrected chi connectivity index (χ0v) is 9.69. The molecule has 2 rings (SSSR count). The first-order valence-corrected chi connectivity index (χ1v) is 5.47. The lowest BCUT2D eigenvalue weighted by Crippen LogP contribution is -2.25. The predicted octanol–water partition coefficient (Wildman–Crippen LogP) is 2.00. The molecule has 1 aromatic heterocycles. The minimum absolute atomic E-state index is 0.212. The molecule has 0 radical (unpaired) electrons. The van der Waals surface area contributed by atoms with Gasteiger partial charge in [-0.3, -0.25) is 9.98 Å². The third-order valence-electron chi connectivity index (χ3n) is 2.48. The van der Waals surface area contributed by atoms with E-state index in [0.717, 1.165) is 5.56 Å². The smallest absolute Gasteiger partial charge is 0.408 e. The molecule has 0 spiro atoms. The maximum Gasteiger partial charge on any atom is 0.408 e. The minimum Gasteiger partial charge on any atom is -0.439 e. The van der Waals surface area contributed by atoms with E-state index in [1.165, 1.54) is 0 Å². The third-order valence-corrected chi connectivity index (χ3v) is 2.48. The number of amides is 1. The van der Waals surface area contributed by atoms with Crippen molar-refractivity contribution in [2.45, 2.75) is 12.1 Å². The summed E-state index contributed by atoms with van der Waals surface area (Å²) in [6.45, 7) is 3.33. The van der Waals surface area contributed by atoms with Gasteiger partial charge in [-0.2, -0.15) is 0 Å². The van der Waals surface area contributed by atoms with Gasteiger partial charge in [0.1, 0.15) is 0 Å². The Labute approximate surface area is 105 Å². The maximum absolute atomic E-state index is 11.3. The van der Waals surface area contributed by atoms with Crippen LogP contribution < -0.4 is 5.32 Å². The van der Waals surface area contributed by atoms with Gasteiger partial charge in [-0.25, -0.2) is 4.79 Å². The number of nitrogens with one attached hydrogen (secondary N) is 1. The fourth-order valence-corrected chi connectivity index (χ4v) is 1.70. The van der Waals surface area contributed by atoms with E-state index in [4.69, 9.17) is 4.74 Å². The van der Waals surface area contributed by atoms with Gasteiger partial charge in [0.05, 0.1) is 6.04 Å². The summed E-state index contributed by atoms with van der Waals surface area (Å²) in [7, 11) is 0. The summed E-state index contributed by atoms with van der Waals surface area (Å²) >= 11 is 0. The predicted molar refractivity (Wildman–Crippen MR) is 68.2 cm³/mol. The van der Waals surface area contributed by atoms with Crippen LogP contribution in [0, 0.1) is 0 Å². The Kier molecular flexibility index (Phi) is 3.86. The van der Waals surface area contributed by atoms with Gasteiger partial charge < -0.3 is 10.1 Å². The topological polar surface area (TPSA) is 63.6 Å². The average Bonchev–Trinajstić information content (AvgIpc) is 2.77.